The van der Waals surface area contributed by atoms with Crippen molar-refractivity contribution in [2.24, 2.45) is 0 Å². The van der Waals surface area contributed by atoms with Gasteiger partial charge in [0.2, 0.25) is 0 Å². The van der Waals surface area contributed by atoms with E-state index in [0.29, 0.717) is 11.6 Å². The number of anilines is 1. The highest BCUT2D eigenvalue weighted by Gasteiger charge is 2.12. The van der Waals surface area contributed by atoms with E-state index in [1.165, 1.54) is 11.3 Å². The van der Waals surface area contributed by atoms with Gasteiger partial charge in [-0.3, -0.25) is 4.57 Å². The minimum Gasteiger partial charge on any atom is -0.382 e. The zero-order valence-electron chi connectivity index (χ0n) is 9.62. The van der Waals surface area contributed by atoms with Crippen molar-refractivity contribution >= 4 is 39.7 Å². The maximum absolute atomic E-state index is 5.92. The Morgan fingerprint density at radius 3 is 2.67 bits per heavy atom. The average molecular weight is 274 g/mol. The number of rotatable bonds is 1. The van der Waals surface area contributed by atoms with E-state index in [4.69, 9.17) is 18.0 Å². The first-order chi connectivity index (χ1) is 8.66. The summed E-state index contributed by atoms with van der Waals surface area (Å²) < 4.78 is 3.50. The Hall–Kier alpha value is -1.79. The number of hydrogen-bond donors (Lipinski definition) is 1. The minimum absolute atomic E-state index is 0.489. The van der Waals surface area contributed by atoms with Crippen LogP contribution in [0.5, 0.6) is 0 Å². The van der Waals surface area contributed by atoms with Crippen molar-refractivity contribution in [2.45, 2.75) is 6.92 Å². The van der Waals surface area contributed by atoms with E-state index in [-0.39, 0.29) is 0 Å². The zero-order chi connectivity index (χ0) is 12.7. The molecule has 3 aromatic rings. The molecule has 1 aromatic carbocycles. The predicted octanol–water partition coefficient (Wildman–Crippen LogP) is 3.10. The van der Waals surface area contributed by atoms with Crippen LogP contribution in [0.1, 0.15) is 5.82 Å². The summed E-state index contributed by atoms with van der Waals surface area (Å²) in [6.07, 6.45) is 0. The molecule has 0 fully saturated rings. The van der Waals surface area contributed by atoms with Crippen LogP contribution >= 0.6 is 23.6 Å². The molecule has 0 spiro atoms. The van der Waals surface area contributed by atoms with Crippen LogP contribution in [0.15, 0.2) is 30.3 Å². The maximum atomic E-state index is 5.92. The van der Waals surface area contributed by atoms with Crippen molar-refractivity contribution in [1.29, 1.82) is 0 Å². The summed E-state index contributed by atoms with van der Waals surface area (Å²) >= 11 is 6.83. The monoisotopic (exact) mass is 274 g/mol. The normalized spacial score (nSPS) is 10.9. The molecule has 2 heterocycles. The number of benzene rings is 1. The highest BCUT2D eigenvalue weighted by molar-refractivity contribution is 7.73. The zero-order valence-corrected chi connectivity index (χ0v) is 11.3. The number of nitrogen functional groups attached to an aromatic ring is 1. The molecule has 0 saturated heterocycles. The number of nitrogens with two attached hydrogens (primary N) is 1. The molecule has 0 atom stereocenters. The van der Waals surface area contributed by atoms with Crippen LogP contribution in [-0.4, -0.2) is 14.5 Å². The number of para-hydroxylation sites is 1. The van der Waals surface area contributed by atoms with Crippen molar-refractivity contribution in [3.05, 3.63) is 40.1 Å². The van der Waals surface area contributed by atoms with Gasteiger partial charge in [0.05, 0.1) is 0 Å². The summed E-state index contributed by atoms with van der Waals surface area (Å²) in [5.74, 6) is 1.14. The summed E-state index contributed by atoms with van der Waals surface area (Å²) in [6.45, 7) is 1.83. The van der Waals surface area contributed by atoms with E-state index in [2.05, 4.69) is 9.97 Å². The van der Waals surface area contributed by atoms with Crippen molar-refractivity contribution in [1.82, 2.24) is 14.5 Å². The third-order valence-corrected chi connectivity index (χ3v) is 3.97. The van der Waals surface area contributed by atoms with Crippen LogP contribution in [-0.2, 0) is 0 Å². The molecule has 2 N–H and O–H groups in total. The molecule has 0 saturated carbocycles. The number of aromatic nitrogens is 3. The smallest absolute Gasteiger partial charge is 0.168 e. The fourth-order valence-corrected chi connectivity index (χ4v) is 3.12. The van der Waals surface area contributed by atoms with Crippen molar-refractivity contribution < 1.29 is 0 Å². The van der Waals surface area contributed by atoms with Crippen LogP contribution in [0.2, 0.25) is 0 Å². The predicted molar refractivity (Wildman–Crippen MR) is 76.7 cm³/mol. The second-order valence-electron chi connectivity index (χ2n) is 3.85. The first kappa shape index (κ1) is 11.3. The number of fused-ring (bicyclic) bond motifs is 1. The SMILES string of the molecule is Cc1nc(N)c2sc(=S)n(-c3ccccc3)c2n1. The number of aryl methyl sites for hydroxylation is 1. The molecule has 90 valence electrons. The lowest BCUT2D eigenvalue weighted by atomic mass is 10.3. The molecule has 0 unspecified atom stereocenters. The Bertz CT molecular complexity index is 774. The summed E-state index contributed by atoms with van der Waals surface area (Å²) in [7, 11) is 0. The molecule has 0 amide bonds. The van der Waals surface area contributed by atoms with Gasteiger partial charge < -0.3 is 5.73 Å². The molecule has 3 rings (SSSR count). The van der Waals surface area contributed by atoms with Crippen LogP contribution in [0.25, 0.3) is 16.0 Å². The molecule has 0 radical (unpaired) electrons. The van der Waals surface area contributed by atoms with Gasteiger partial charge in [0.1, 0.15) is 16.3 Å². The second-order valence-corrected chi connectivity index (χ2v) is 5.49. The van der Waals surface area contributed by atoms with Crippen LogP contribution < -0.4 is 5.73 Å². The highest BCUT2D eigenvalue weighted by Crippen LogP contribution is 2.28. The number of hydrogen-bond acceptors (Lipinski definition) is 5. The number of nitrogens with zero attached hydrogens (tertiary/aromatic N) is 3. The third kappa shape index (κ3) is 1.70. The van der Waals surface area contributed by atoms with E-state index >= 15 is 0 Å². The number of thiazole rings is 1. The first-order valence-electron chi connectivity index (χ1n) is 5.38. The fourth-order valence-electron chi connectivity index (χ4n) is 1.84. The van der Waals surface area contributed by atoms with Crippen molar-refractivity contribution in [3.63, 3.8) is 0 Å². The molecule has 0 aliphatic heterocycles. The van der Waals surface area contributed by atoms with E-state index < -0.39 is 0 Å². The van der Waals surface area contributed by atoms with Gasteiger partial charge in [-0.25, -0.2) is 9.97 Å². The van der Waals surface area contributed by atoms with Crippen LogP contribution in [0, 0.1) is 10.9 Å². The van der Waals surface area contributed by atoms with Gasteiger partial charge in [0.25, 0.3) is 0 Å². The average Bonchev–Trinajstić information content (AvgIpc) is 2.67. The largest absolute Gasteiger partial charge is 0.382 e. The minimum atomic E-state index is 0.489. The molecular weight excluding hydrogens is 264 g/mol. The van der Waals surface area contributed by atoms with Gasteiger partial charge in [-0.05, 0) is 31.3 Å². The van der Waals surface area contributed by atoms with Crippen LogP contribution in [0.4, 0.5) is 5.82 Å². The summed E-state index contributed by atoms with van der Waals surface area (Å²) in [5, 5.41) is 0. The van der Waals surface area contributed by atoms with Crippen molar-refractivity contribution in [3.8, 4) is 5.69 Å². The van der Waals surface area contributed by atoms with Crippen LogP contribution in [0.3, 0.4) is 0 Å². The molecule has 6 heteroatoms. The molecule has 0 bridgehead atoms. The first-order valence-corrected chi connectivity index (χ1v) is 6.60. The quantitative estimate of drug-likeness (QED) is 0.693. The van der Waals surface area contributed by atoms with Gasteiger partial charge in [0.15, 0.2) is 9.60 Å². The lowest BCUT2D eigenvalue weighted by Crippen LogP contribution is -2.00. The Balaban J connectivity index is 2.43. The lowest BCUT2D eigenvalue weighted by Gasteiger charge is -2.04. The topological polar surface area (TPSA) is 56.7 Å². The van der Waals surface area contributed by atoms with Gasteiger partial charge in [-0.2, -0.15) is 0 Å². The second kappa shape index (κ2) is 4.15. The molecule has 0 aliphatic carbocycles. The Morgan fingerprint density at radius 1 is 1.22 bits per heavy atom. The van der Waals surface area contributed by atoms with Gasteiger partial charge in [-0.1, -0.05) is 29.5 Å². The Labute approximate surface area is 113 Å². The van der Waals surface area contributed by atoms with E-state index in [0.717, 1.165) is 20.0 Å². The summed E-state index contributed by atoms with van der Waals surface area (Å²) in [6, 6.07) is 9.90. The van der Waals surface area contributed by atoms with Gasteiger partial charge in [0, 0.05) is 5.69 Å². The molecular formula is C12H10N4S2. The third-order valence-electron chi connectivity index (χ3n) is 2.58. The van der Waals surface area contributed by atoms with E-state index in [9.17, 15) is 0 Å². The molecule has 18 heavy (non-hydrogen) atoms. The maximum Gasteiger partial charge on any atom is 0.168 e. The molecule has 4 nitrogen and oxygen atoms in total. The van der Waals surface area contributed by atoms with Gasteiger partial charge >= 0.3 is 0 Å². The summed E-state index contributed by atoms with van der Waals surface area (Å²) in [4.78, 5) is 8.62. The van der Waals surface area contributed by atoms with Crippen molar-refractivity contribution in [2.75, 3.05) is 5.73 Å². The van der Waals surface area contributed by atoms with E-state index in [1.54, 1.807) is 0 Å². The Kier molecular flexibility index (Phi) is 2.61. The summed E-state index contributed by atoms with van der Waals surface area (Å²) in [5.41, 5.74) is 7.69. The standard InChI is InChI=1S/C12H10N4S2/c1-7-14-10(13)9-11(15-7)16(12(17)18-9)8-5-3-2-4-6-8/h2-6H,1H3,(H2,13,14,15). The Morgan fingerprint density at radius 2 is 1.94 bits per heavy atom. The van der Waals surface area contributed by atoms with E-state index in [1.807, 2.05) is 41.8 Å². The molecule has 2 aromatic heterocycles. The molecule has 0 aliphatic rings. The lowest BCUT2D eigenvalue weighted by molar-refractivity contribution is 1.03. The highest BCUT2D eigenvalue weighted by atomic mass is 32.1. The van der Waals surface area contributed by atoms with Gasteiger partial charge in [-0.15, -0.1) is 0 Å². The fraction of sp³-hybridized carbons (Fsp3) is 0.0833.